The highest BCUT2D eigenvalue weighted by Gasteiger charge is 2.15. The number of nitrogens with one attached hydrogen (secondary N) is 2. The summed E-state index contributed by atoms with van der Waals surface area (Å²) in [6, 6.07) is 9.96. The highest BCUT2D eigenvalue weighted by Crippen LogP contribution is 2.27. The van der Waals surface area contributed by atoms with E-state index in [2.05, 4.69) is 47.1 Å². The van der Waals surface area contributed by atoms with E-state index >= 15 is 0 Å². The van der Waals surface area contributed by atoms with Gasteiger partial charge in [0.1, 0.15) is 0 Å². The SMILES string of the molecule is O=C(Nc1cc(Br)ccc1Br)c1ccc2nc(C(F)F)[nH]c2c1. The maximum atomic E-state index is 12.7. The average Bonchev–Trinajstić information content (AvgIpc) is 2.94. The van der Waals surface area contributed by atoms with Gasteiger partial charge in [0.05, 0.1) is 16.7 Å². The lowest BCUT2D eigenvalue weighted by molar-refractivity contribution is 0.102. The quantitative estimate of drug-likeness (QED) is 0.577. The zero-order chi connectivity index (χ0) is 16.6. The van der Waals surface area contributed by atoms with Crippen molar-refractivity contribution in [1.29, 1.82) is 0 Å². The molecule has 0 unspecified atom stereocenters. The van der Waals surface area contributed by atoms with E-state index < -0.39 is 12.2 Å². The lowest BCUT2D eigenvalue weighted by Gasteiger charge is -2.08. The lowest BCUT2D eigenvalue weighted by atomic mass is 10.2. The van der Waals surface area contributed by atoms with Crippen molar-refractivity contribution in [2.75, 3.05) is 5.32 Å². The molecule has 8 heteroatoms. The number of nitrogens with zero attached hydrogens (tertiary/aromatic N) is 1. The summed E-state index contributed by atoms with van der Waals surface area (Å²) in [4.78, 5) is 18.6. The molecular weight excluding hydrogens is 436 g/mol. The van der Waals surface area contributed by atoms with Crippen LogP contribution in [0.5, 0.6) is 0 Å². The van der Waals surface area contributed by atoms with Gasteiger partial charge in [-0.1, -0.05) is 15.9 Å². The van der Waals surface area contributed by atoms with Gasteiger partial charge in [0.2, 0.25) is 0 Å². The molecule has 0 atom stereocenters. The molecule has 4 nitrogen and oxygen atoms in total. The van der Waals surface area contributed by atoms with E-state index in [9.17, 15) is 13.6 Å². The fraction of sp³-hybridized carbons (Fsp3) is 0.0667. The number of H-pyrrole nitrogens is 1. The topological polar surface area (TPSA) is 57.8 Å². The Bertz CT molecular complexity index is 896. The summed E-state index contributed by atoms with van der Waals surface area (Å²) in [6.45, 7) is 0. The van der Waals surface area contributed by atoms with Crippen molar-refractivity contribution in [3.05, 3.63) is 56.7 Å². The summed E-state index contributed by atoms with van der Waals surface area (Å²) in [5.41, 5.74) is 1.72. The van der Waals surface area contributed by atoms with E-state index in [4.69, 9.17) is 0 Å². The molecule has 2 aromatic carbocycles. The van der Waals surface area contributed by atoms with Crippen molar-refractivity contribution < 1.29 is 13.6 Å². The molecule has 0 bridgehead atoms. The molecule has 0 saturated carbocycles. The van der Waals surface area contributed by atoms with E-state index in [0.717, 1.165) is 8.95 Å². The number of benzene rings is 2. The monoisotopic (exact) mass is 443 g/mol. The third-order valence-corrected chi connectivity index (χ3v) is 4.33. The second-order valence-electron chi connectivity index (χ2n) is 4.73. The van der Waals surface area contributed by atoms with Gasteiger partial charge in [-0.05, 0) is 52.3 Å². The maximum absolute atomic E-state index is 12.7. The molecule has 23 heavy (non-hydrogen) atoms. The van der Waals surface area contributed by atoms with Crippen LogP contribution in [-0.2, 0) is 0 Å². The Labute approximate surface area is 146 Å². The molecular formula is C15H9Br2F2N3O. The van der Waals surface area contributed by atoms with Gasteiger partial charge < -0.3 is 10.3 Å². The second kappa shape index (κ2) is 6.37. The minimum Gasteiger partial charge on any atom is -0.337 e. The fourth-order valence-corrected chi connectivity index (χ4v) is 2.77. The van der Waals surface area contributed by atoms with E-state index in [1.165, 1.54) is 12.1 Å². The van der Waals surface area contributed by atoms with E-state index in [-0.39, 0.29) is 5.91 Å². The van der Waals surface area contributed by atoms with E-state index in [1.54, 1.807) is 18.2 Å². The third-order valence-electron chi connectivity index (χ3n) is 3.15. The van der Waals surface area contributed by atoms with Crippen LogP contribution in [0.15, 0.2) is 45.3 Å². The Kier molecular flexibility index (Phi) is 4.45. The first kappa shape index (κ1) is 16.1. The van der Waals surface area contributed by atoms with E-state index in [0.29, 0.717) is 22.3 Å². The van der Waals surface area contributed by atoms with Crippen molar-refractivity contribution >= 4 is 54.5 Å². The average molecular weight is 445 g/mol. The summed E-state index contributed by atoms with van der Waals surface area (Å²) in [5, 5.41) is 2.76. The molecule has 118 valence electrons. The standard InChI is InChI=1S/C15H9Br2F2N3O/c16-8-2-3-9(17)11(6-8)22-15(23)7-1-4-10-12(5-7)21-14(20-10)13(18)19/h1-6,13H,(H,20,21)(H,22,23). The normalized spacial score (nSPS) is 11.2. The summed E-state index contributed by atoms with van der Waals surface area (Å²) in [5.74, 6) is -0.758. The molecule has 0 radical (unpaired) electrons. The Morgan fingerprint density at radius 2 is 1.96 bits per heavy atom. The van der Waals surface area contributed by atoms with Crippen LogP contribution in [-0.4, -0.2) is 15.9 Å². The maximum Gasteiger partial charge on any atom is 0.295 e. The third kappa shape index (κ3) is 3.42. The first-order valence-electron chi connectivity index (χ1n) is 6.48. The molecule has 2 N–H and O–H groups in total. The number of hydrogen-bond acceptors (Lipinski definition) is 2. The number of alkyl halides is 2. The van der Waals surface area contributed by atoms with Crippen LogP contribution < -0.4 is 5.32 Å². The number of carbonyl (C=O) groups excluding carboxylic acids is 1. The summed E-state index contributed by atoms with van der Waals surface area (Å²) >= 11 is 6.69. The van der Waals surface area contributed by atoms with Crippen molar-refractivity contribution in [2.24, 2.45) is 0 Å². The highest BCUT2D eigenvalue weighted by molar-refractivity contribution is 9.11. The second-order valence-corrected chi connectivity index (χ2v) is 6.50. The molecule has 0 aliphatic heterocycles. The van der Waals surface area contributed by atoms with Crippen LogP contribution in [0.4, 0.5) is 14.5 Å². The van der Waals surface area contributed by atoms with Crippen LogP contribution in [0.25, 0.3) is 11.0 Å². The van der Waals surface area contributed by atoms with Gasteiger partial charge >= 0.3 is 0 Å². The Balaban J connectivity index is 1.90. The first-order chi connectivity index (χ1) is 10.9. The molecule has 0 aliphatic carbocycles. The van der Waals surface area contributed by atoms with Gasteiger partial charge in [-0.25, -0.2) is 13.8 Å². The van der Waals surface area contributed by atoms with Crippen LogP contribution in [0.3, 0.4) is 0 Å². The summed E-state index contributed by atoms with van der Waals surface area (Å²) in [6.07, 6.45) is -2.68. The number of aromatic amines is 1. The molecule has 3 rings (SSSR count). The Morgan fingerprint density at radius 1 is 1.17 bits per heavy atom. The molecule has 1 aromatic heterocycles. The number of halogens is 4. The number of carbonyl (C=O) groups is 1. The summed E-state index contributed by atoms with van der Waals surface area (Å²) < 4.78 is 26.9. The fourth-order valence-electron chi connectivity index (χ4n) is 2.06. The van der Waals surface area contributed by atoms with Crippen LogP contribution in [0.1, 0.15) is 22.6 Å². The van der Waals surface area contributed by atoms with E-state index in [1.807, 2.05) is 6.07 Å². The predicted octanol–water partition coefficient (Wildman–Crippen LogP) is 5.28. The van der Waals surface area contributed by atoms with Crippen molar-refractivity contribution in [3.63, 3.8) is 0 Å². The van der Waals surface area contributed by atoms with Gasteiger partial charge in [0.25, 0.3) is 12.3 Å². The highest BCUT2D eigenvalue weighted by atomic mass is 79.9. The first-order valence-corrected chi connectivity index (χ1v) is 8.07. The smallest absolute Gasteiger partial charge is 0.295 e. The molecule has 0 aliphatic rings. The molecule has 0 fully saturated rings. The molecule has 3 aromatic rings. The van der Waals surface area contributed by atoms with Gasteiger partial charge in [-0.2, -0.15) is 0 Å². The van der Waals surface area contributed by atoms with Gasteiger partial charge in [0.15, 0.2) is 5.82 Å². The predicted molar refractivity (Wildman–Crippen MR) is 90.8 cm³/mol. The zero-order valence-electron chi connectivity index (χ0n) is 11.4. The molecule has 1 heterocycles. The van der Waals surface area contributed by atoms with Gasteiger partial charge in [-0.3, -0.25) is 4.79 Å². The number of aromatic nitrogens is 2. The number of fused-ring (bicyclic) bond motifs is 1. The zero-order valence-corrected chi connectivity index (χ0v) is 14.6. The molecule has 0 saturated heterocycles. The van der Waals surface area contributed by atoms with Crippen LogP contribution in [0.2, 0.25) is 0 Å². The van der Waals surface area contributed by atoms with Gasteiger partial charge in [-0.15, -0.1) is 0 Å². The number of hydrogen-bond donors (Lipinski definition) is 2. The molecule has 1 amide bonds. The Hall–Kier alpha value is -1.80. The van der Waals surface area contributed by atoms with Crippen molar-refractivity contribution in [3.8, 4) is 0 Å². The largest absolute Gasteiger partial charge is 0.337 e. The number of imidazole rings is 1. The Morgan fingerprint density at radius 3 is 2.70 bits per heavy atom. The van der Waals surface area contributed by atoms with Gasteiger partial charge in [0, 0.05) is 14.5 Å². The minimum absolute atomic E-state index is 0.342. The summed E-state index contributed by atoms with van der Waals surface area (Å²) in [7, 11) is 0. The molecule has 0 spiro atoms. The number of anilines is 1. The van der Waals surface area contributed by atoms with Crippen molar-refractivity contribution in [2.45, 2.75) is 6.43 Å². The minimum atomic E-state index is -2.68. The number of rotatable bonds is 3. The van der Waals surface area contributed by atoms with Crippen LogP contribution in [0, 0.1) is 0 Å². The number of amides is 1. The lowest BCUT2D eigenvalue weighted by Crippen LogP contribution is -2.12. The van der Waals surface area contributed by atoms with Crippen molar-refractivity contribution in [1.82, 2.24) is 9.97 Å². The van der Waals surface area contributed by atoms with Crippen LogP contribution >= 0.6 is 31.9 Å².